The highest BCUT2D eigenvalue weighted by atomic mass is 32.1. The van der Waals surface area contributed by atoms with Gasteiger partial charge in [0.2, 0.25) is 0 Å². The molecule has 1 unspecified atom stereocenters. The normalized spacial score (nSPS) is 20.6. The predicted octanol–water partition coefficient (Wildman–Crippen LogP) is 2.08. The van der Waals surface area contributed by atoms with Crippen molar-refractivity contribution in [1.29, 1.82) is 0 Å². The van der Waals surface area contributed by atoms with E-state index in [9.17, 15) is 4.79 Å². The van der Waals surface area contributed by atoms with Gasteiger partial charge >= 0.3 is 0 Å². The van der Waals surface area contributed by atoms with Gasteiger partial charge in [0, 0.05) is 6.61 Å². The molecule has 1 atom stereocenters. The summed E-state index contributed by atoms with van der Waals surface area (Å²) in [5.74, 6) is 0. The van der Waals surface area contributed by atoms with E-state index >= 15 is 0 Å². The maximum atomic E-state index is 12.2. The third-order valence-electron chi connectivity index (χ3n) is 2.81. The van der Waals surface area contributed by atoms with Gasteiger partial charge in [-0.05, 0) is 30.1 Å². The van der Waals surface area contributed by atoms with E-state index in [1.165, 1.54) is 11.3 Å². The van der Waals surface area contributed by atoms with Gasteiger partial charge in [-0.15, -0.1) is 11.3 Å². The van der Waals surface area contributed by atoms with Gasteiger partial charge in [-0.25, -0.2) is 0 Å². The first-order valence-electron chi connectivity index (χ1n) is 5.07. The lowest BCUT2D eigenvalue weighted by Crippen LogP contribution is -2.26. The standard InChI is InChI=1S/C10H10N2O2S2/c13-9-8-7(2-4-16-8)11-10(15)12(9)6-1-3-14-5-6/h2,4,6H,1,3,5H2,(H,11,15). The second kappa shape index (κ2) is 3.80. The number of thiophene rings is 1. The minimum absolute atomic E-state index is 0.00394. The zero-order valence-corrected chi connectivity index (χ0v) is 10.1. The summed E-state index contributed by atoms with van der Waals surface area (Å²) in [6, 6.07) is 1.97. The smallest absolute Gasteiger partial charge is 0.272 e. The van der Waals surface area contributed by atoms with Crippen molar-refractivity contribution in [2.45, 2.75) is 12.5 Å². The molecule has 2 aromatic rings. The van der Waals surface area contributed by atoms with Gasteiger partial charge in [0.15, 0.2) is 4.77 Å². The van der Waals surface area contributed by atoms with Crippen LogP contribution in [0.4, 0.5) is 0 Å². The molecule has 0 bridgehead atoms. The van der Waals surface area contributed by atoms with E-state index < -0.39 is 0 Å². The Bertz CT molecular complexity index is 634. The lowest BCUT2D eigenvalue weighted by molar-refractivity contribution is 0.185. The molecular formula is C10H10N2O2S2. The van der Waals surface area contributed by atoms with Crippen LogP contribution in [0.25, 0.3) is 10.2 Å². The van der Waals surface area contributed by atoms with Crippen LogP contribution in [-0.2, 0) is 4.74 Å². The van der Waals surface area contributed by atoms with Gasteiger partial charge in [-0.3, -0.25) is 9.36 Å². The van der Waals surface area contributed by atoms with Crippen LogP contribution in [0, 0.1) is 4.77 Å². The third-order valence-corrected chi connectivity index (χ3v) is 4.01. The molecule has 0 aromatic carbocycles. The second-order valence-corrected chi connectivity index (χ2v) is 5.09. The topological polar surface area (TPSA) is 47.0 Å². The van der Waals surface area contributed by atoms with Crippen molar-refractivity contribution in [2.24, 2.45) is 0 Å². The van der Waals surface area contributed by atoms with Gasteiger partial charge in [-0.1, -0.05) is 0 Å². The summed E-state index contributed by atoms with van der Waals surface area (Å²) in [5.41, 5.74) is 0.833. The van der Waals surface area contributed by atoms with Gasteiger partial charge < -0.3 is 9.72 Å². The number of fused-ring (bicyclic) bond motifs is 1. The fourth-order valence-electron chi connectivity index (χ4n) is 2.01. The Balaban J connectivity index is 2.30. The van der Waals surface area contributed by atoms with Crippen molar-refractivity contribution in [3.8, 4) is 0 Å². The first kappa shape index (κ1) is 10.2. The number of hydrogen-bond acceptors (Lipinski definition) is 4. The molecule has 0 aliphatic carbocycles. The molecule has 3 heterocycles. The van der Waals surface area contributed by atoms with Crippen LogP contribution in [0.3, 0.4) is 0 Å². The van der Waals surface area contributed by atoms with Crippen molar-refractivity contribution in [3.05, 3.63) is 26.6 Å². The van der Waals surface area contributed by atoms with Crippen LogP contribution < -0.4 is 5.56 Å². The van der Waals surface area contributed by atoms with E-state index in [4.69, 9.17) is 17.0 Å². The van der Waals surface area contributed by atoms with Gasteiger partial charge in [0.1, 0.15) is 4.70 Å². The van der Waals surface area contributed by atoms with E-state index in [1.807, 2.05) is 11.4 Å². The largest absolute Gasteiger partial charge is 0.379 e. The summed E-state index contributed by atoms with van der Waals surface area (Å²) in [7, 11) is 0. The van der Waals surface area contributed by atoms with Gasteiger partial charge in [-0.2, -0.15) is 0 Å². The molecule has 0 amide bonds. The number of ether oxygens (including phenoxy) is 1. The van der Waals surface area contributed by atoms with Crippen molar-refractivity contribution in [3.63, 3.8) is 0 Å². The Labute approximate surface area is 100 Å². The lowest BCUT2D eigenvalue weighted by Gasteiger charge is -2.11. The fraction of sp³-hybridized carbons (Fsp3) is 0.400. The number of aromatic amines is 1. The van der Waals surface area contributed by atoms with Crippen molar-refractivity contribution >= 4 is 33.8 Å². The summed E-state index contributed by atoms with van der Waals surface area (Å²) in [5, 5.41) is 1.90. The average Bonchev–Trinajstić information content (AvgIpc) is 2.87. The van der Waals surface area contributed by atoms with Crippen molar-refractivity contribution < 1.29 is 4.74 Å². The zero-order valence-electron chi connectivity index (χ0n) is 8.43. The zero-order chi connectivity index (χ0) is 11.1. The molecule has 0 spiro atoms. The Hall–Kier alpha value is -0.980. The Morgan fingerprint density at radius 3 is 3.25 bits per heavy atom. The van der Waals surface area contributed by atoms with E-state index in [2.05, 4.69) is 4.98 Å². The SMILES string of the molecule is O=c1c2sccc2[nH]c(=S)n1C1CCOC1. The molecule has 0 saturated carbocycles. The molecule has 1 aliphatic rings. The number of rotatable bonds is 1. The monoisotopic (exact) mass is 254 g/mol. The number of hydrogen-bond donors (Lipinski definition) is 1. The Morgan fingerprint density at radius 2 is 2.50 bits per heavy atom. The van der Waals surface area contributed by atoms with Crippen LogP contribution in [0.2, 0.25) is 0 Å². The quantitative estimate of drug-likeness (QED) is 0.793. The van der Waals surface area contributed by atoms with Crippen molar-refractivity contribution in [2.75, 3.05) is 13.2 Å². The first-order valence-corrected chi connectivity index (χ1v) is 6.36. The molecule has 84 valence electrons. The van der Waals surface area contributed by atoms with Crippen LogP contribution in [0.1, 0.15) is 12.5 Å². The maximum absolute atomic E-state index is 12.2. The number of H-pyrrole nitrogens is 1. The van der Waals surface area contributed by atoms with E-state index in [1.54, 1.807) is 4.57 Å². The highest BCUT2D eigenvalue weighted by molar-refractivity contribution is 7.71. The molecule has 0 radical (unpaired) electrons. The number of aromatic nitrogens is 2. The summed E-state index contributed by atoms with van der Waals surface area (Å²) >= 11 is 6.67. The summed E-state index contributed by atoms with van der Waals surface area (Å²) in [6.45, 7) is 1.28. The van der Waals surface area contributed by atoms with E-state index in [0.717, 1.165) is 16.6 Å². The molecule has 3 rings (SSSR count). The first-order chi connectivity index (χ1) is 7.77. The highest BCUT2D eigenvalue weighted by Gasteiger charge is 2.21. The minimum atomic E-state index is 0.00394. The van der Waals surface area contributed by atoms with Crippen LogP contribution >= 0.6 is 23.6 Å². The molecule has 1 N–H and O–H groups in total. The number of nitrogens with one attached hydrogen (secondary N) is 1. The highest BCUT2D eigenvalue weighted by Crippen LogP contribution is 2.20. The average molecular weight is 254 g/mol. The van der Waals surface area contributed by atoms with Crippen molar-refractivity contribution in [1.82, 2.24) is 9.55 Å². The van der Waals surface area contributed by atoms with Gasteiger partial charge in [0.25, 0.3) is 5.56 Å². The fourth-order valence-corrected chi connectivity index (χ4v) is 3.14. The molecule has 1 fully saturated rings. The van der Waals surface area contributed by atoms with Crippen LogP contribution in [-0.4, -0.2) is 22.8 Å². The summed E-state index contributed by atoms with van der Waals surface area (Å²) < 4.78 is 8.18. The summed E-state index contributed by atoms with van der Waals surface area (Å²) in [4.78, 5) is 15.3. The molecule has 4 nitrogen and oxygen atoms in total. The predicted molar refractivity (Wildman–Crippen MR) is 65.7 cm³/mol. The molecular weight excluding hydrogens is 244 g/mol. The van der Waals surface area contributed by atoms with Crippen LogP contribution in [0.5, 0.6) is 0 Å². The Morgan fingerprint density at radius 1 is 1.62 bits per heavy atom. The molecule has 6 heteroatoms. The molecule has 1 aliphatic heterocycles. The maximum Gasteiger partial charge on any atom is 0.272 e. The third kappa shape index (κ3) is 1.45. The van der Waals surface area contributed by atoms with E-state index in [0.29, 0.717) is 18.0 Å². The molecule has 2 aromatic heterocycles. The minimum Gasteiger partial charge on any atom is -0.379 e. The lowest BCUT2D eigenvalue weighted by atomic mass is 10.2. The number of nitrogens with zero attached hydrogens (tertiary/aromatic N) is 1. The summed E-state index contributed by atoms with van der Waals surface area (Å²) in [6.07, 6.45) is 0.855. The molecule has 16 heavy (non-hydrogen) atoms. The second-order valence-electron chi connectivity index (χ2n) is 3.79. The molecule has 1 saturated heterocycles. The Kier molecular flexibility index (Phi) is 2.42. The van der Waals surface area contributed by atoms with Crippen LogP contribution in [0.15, 0.2) is 16.2 Å². The van der Waals surface area contributed by atoms with Gasteiger partial charge in [0.05, 0.1) is 18.2 Å². The van der Waals surface area contributed by atoms with E-state index in [-0.39, 0.29) is 11.6 Å².